The number of hydrogen-bond donors (Lipinski definition) is 2. The number of nitrogens with zero attached hydrogens (tertiary/aromatic N) is 1. The lowest BCUT2D eigenvalue weighted by atomic mass is 10.1. The van der Waals surface area contributed by atoms with E-state index in [1.807, 2.05) is 12.2 Å². The van der Waals surface area contributed by atoms with Gasteiger partial charge in [0.2, 0.25) is 0 Å². The van der Waals surface area contributed by atoms with Gasteiger partial charge in [-0.3, -0.25) is 5.21 Å². The van der Waals surface area contributed by atoms with Gasteiger partial charge in [0.15, 0.2) is 0 Å². The van der Waals surface area contributed by atoms with Crippen molar-refractivity contribution in [3.63, 3.8) is 0 Å². The summed E-state index contributed by atoms with van der Waals surface area (Å²) in [6.45, 7) is 0. The van der Waals surface area contributed by atoms with Crippen molar-refractivity contribution in [2.24, 2.45) is 0 Å². The maximum Gasteiger partial charge on any atom is 0.103 e. The molecular weight excluding hydrogens is 152 g/mol. The summed E-state index contributed by atoms with van der Waals surface area (Å²) in [4.78, 5) is 0. The van der Waals surface area contributed by atoms with E-state index in [0.29, 0.717) is 0 Å². The van der Waals surface area contributed by atoms with E-state index in [-0.39, 0.29) is 6.04 Å². The van der Waals surface area contributed by atoms with Crippen molar-refractivity contribution in [3.05, 3.63) is 35.8 Å². The van der Waals surface area contributed by atoms with Crippen LogP contribution < -0.4 is 5.32 Å². The maximum absolute atomic E-state index is 9.35. The fourth-order valence-electron chi connectivity index (χ4n) is 1.34. The highest BCUT2D eigenvalue weighted by molar-refractivity contribution is 5.45. The molecule has 2 aliphatic rings. The van der Waals surface area contributed by atoms with Crippen LogP contribution in [0.4, 0.5) is 0 Å². The van der Waals surface area contributed by atoms with Gasteiger partial charge in [0.1, 0.15) is 6.04 Å². The van der Waals surface area contributed by atoms with Gasteiger partial charge in [-0.15, -0.1) is 6.42 Å². The molecule has 2 aliphatic heterocycles. The van der Waals surface area contributed by atoms with Crippen LogP contribution in [0.1, 0.15) is 0 Å². The number of nitrogens with one attached hydrogen (secondary N) is 1. The Bertz CT molecular complexity index is 333. The minimum absolute atomic E-state index is 0.0509. The predicted octanol–water partition coefficient (Wildman–Crippen LogP) is 0.578. The minimum atomic E-state index is -0.0509. The first-order chi connectivity index (χ1) is 5.83. The first-order valence-corrected chi connectivity index (χ1v) is 3.62. The molecule has 0 radical (unpaired) electrons. The number of rotatable bonds is 0. The Hall–Kier alpha value is -1.66. The molecule has 3 heteroatoms. The second-order valence-electron chi connectivity index (χ2n) is 2.62. The van der Waals surface area contributed by atoms with Crippen molar-refractivity contribution in [2.45, 2.75) is 6.04 Å². The molecule has 60 valence electrons. The Morgan fingerprint density at radius 2 is 2.50 bits per heavy atom. The first kappa shape index (κ1) is 7.01. The van der Waals surface area contributed by atoms with E-state index in [1.54, 1.807) is 6.20 Å². The molecule has 0 aromatic carbocycles. The van der Waals surface area contributed by atoms with Crippen LogP contribution >= 0.6 is 0 Å². The van der Waals surface area contributed by atoms with Crippen LogP contribution in [-0.4, -0.2) is 16.3 Å². The zero-order valence-corrected chi connectivity index (χ0v) is 6.36. The molecule has 0 amide bonds. The fraction of sp³-hybridized carbons (Fsp3) is 0.111. The molecule has 0 aliphatic carbocycles. The zero-order valence-electron chi connectivity index (χ0n) is 6.36. The molecule has 0 aromatic rings. The lowest BCUT2D eigenvalue weighted by Gasteiger charge is -2.19. The van der Waals surface area contributed by atoms with E-state index >= 15 is 0 Å². The van der Waals surface area contributed by atoms with E-state index in [0.717, 1.165) is 16.3 Å². The Labute approximate surface area is 70.6 Å². The van der Waals surface area contributed by atoms with Gasteiger partial charge in [-0.1, -0.05) is 5.92 Å². The molecule has 2 rings (SSSR count). The van der Waals surface area contributed by atoms with E-state index in [1.165, 1.54) is 6.20 Å². The van der Waals surface area contributed by atoms with Crippen molar-refractivity contribution in [1.29, 1.82) is 0 Å². The second kappa shape index (κ2) is 2.43. The standard InChI is InChI=1S/C9H8N2O/c1-2-7-6-11(12)8-4-3-5-10-9(7)8/h1,3-6,9-10,12H/t9-/m1/s1. The predicted molar refractivity (Wildman–Crippen MR) is 44.7 cm³/mol. The summed E-state index contributed by atoms with van der Waals surface area (Å²) >= 11 is 0. The third kappa shape index (κ3) is 0.825. The third-order valence-corrected chi connectivity index (χ3v) is 1.93. The molecule has 12 heavy (non-hydrogen) atoms. The quantitative estimate of drug-likeness (QED) is 0.509. The summed E-state index contributed by atoms with van der Waals surface area (Å²) < 4.78 is 0. The Balaban J connectivity index is 2.38. The van der Waals surface area contributed by atoms with Gasteiger partial charge in [0.05, 0.1) is 5.70 Å². The van der Waals surface area contributed by atoms with Gasteiger partial charge in [0.25, 0.3) is 0 Å². The third-order valence-electron chi connectivity index (χ3n) is 1.93. The number of hydroxylamine groups is 2. The van der Waals surface area contributed by atoms with Crippen LogP contribution in [0, 0.1) is 12.3 Å². The van der Waals surface area contributed by atoms with Gasteiger partial charge in [-0.2, -0.15) is 0 Å². The summed E-state index contributed by atoms with van der Waals surface area (Å²) in [6.07, 6.45) is 12.2. The van der Waals surface area contributed by atoms with Crippen molar-refractivity contribution in [3.8, 4) is 12.3 Å². The minimum Gasteiger partial charge on any atom is -0.378 e. The summed E-state index contributed by atoms with van der Waals surface area (Å²) in [5, 5.41) is 13.4. The average molecular weight is 160 g/mol. The number of hydrogen-bond acceptors (Lipinski definition) is 3. The van der Waals surface area contributed by atoms with Gasteiger partial charge in [-0.25, -0.2) is 5.06 Å². The van der Waals surface area contributed by atoms with Crippen LogP contribution in [0.2, 0.25) is 0 Å². The largest absolute Gasteiger partial charge is 0.378 e. The van der Waals surface area contributed by atoms with Crippen molar-refractivity contribution in [2.75, 3.05) is 0 Å². The van der Waals surface area contributed by atoms with Crippen LogP contribution in [0.15, 0.2) is 35.8 Å². The highest BCUT2D eigenvalue weighted by Crippen LogP contribution is 2.25. The van der Waals surface area contributed by atoms with Crippen molar-refractivity contribution in [1.82, 2.24) is 10.4 Å². The molecule has 2 heterocycles. The van der Waals surface area contributed by atoms with Gasteiger partial charge >= 0.3 is 0 Å². The topological polar surface area (TPSA) is 35.5 Å². The normalized spacial score (nSPS) is 25.3. The molecule has 0 unspecified atom stereocenters. The lowest BCUT2D eigenvalue weighted by Crippen LogP contribution is -2.30. The molecule has 2 N–H and O–H groups in total. The van der Waals surface area contributed by atoms with Crippen molar-refractivity contribution >= 4 is 0 Å². The molecule has 0 aromatic heterocycles. The average Bonchev–Trinajstić information content (AvgIpc) is 2.44. The molecule has 0 fully saturated rings. The van der Waals surface area contributed by atoms with E-state index in [9.17, 15) is 5.21 Å². The first-order valence-electron chi connectivity index (χ1n) is 3.62. The van der Waals surface area contributed by atoms with E-state index in [2.05, 4.69) is 11.2 Å². The molecule has 0 saturated carbocycles. The highest BCUT2D eigenvalue weighted by Gasteiger charge is 2.28. The Morgan fingerprint density at radius 1 is 1.67 bits per heavy atom. The summed E-state index contributed by atoms with van der Waals surface area (Å²) in [6, 6.07) is -0.0509. The molecule has 0 bridgehead atoms. The van der Waals surface area contributed by atoms with Gasteiger partial charge < -0.3 is 5.32 Å². The van der Waals surface area contributed by atoms with Crippen LogP contribution in [0.25, 0.3) is 0 Å². The fourth-order valence-corrected chi connectivity index (χ4v) is 1.34. The number of fused-ring (bicyclic) bond motifs is 1. The molecule has 0 saturated heterocycles. The molecule has 3 nitrogen and oxygen atoms in total. The number of allylic oxidation sites excluding steroid dienone is 2. The van der Waals surface area contributed by atoms with Crippen molar-refractivity contribution < 1.29 is 5.21 Å². The monoisotopic (exact) mass is 160 g/mol. The summed E-state index contributed by atoms with van der Waals surface area (Å²) in [7, 11) is 0. The summed E-state index contributed by atoms with van der Waals surface area (Å²) in [5.74, 6) is 2.52. The van der Waals surface area contributed by atoms with E-state index < -0.39 is 0 Å². The zero-order chi connectivity index (χ0) is 8.55. The Kier molecular flexibility index (Phi) is 1.42. The highest BCUT2D eigenvalue weighted by atomic mass is 16.5. The SMILES string of the molecule is C#CC1=CN(O)C2=CC=CN[C@H]12. The van der Waals surface area contributed by atoms with Crippen LogP contribution in [-0.2, 0) is 0 Å². The lowest BCUT2D eigenvalue weighted by molar-refractivity contribution is -0.00145. The van der Waals surface area contributed by atoms with Gasteiger partial charge in [0, 0.05) is 11.8 Å². The van der Waals surface area contributed by atoms with Crippen LogP contribution in [0.3, 0.4) is 0 Å². The second-order valence-corrected chi connectivity index (χ2v) is 2.62. The summed E-state index contributed by atoms with van der Waals surface area (Å²) in [5.41, 5.74) is 1.51. The molecule has 1 atom stereocenters. The molecule has 0 spiro atoms. The Morgan fingerprint density at radius 3 is 3.25 bits per heavy atom. The molecular formula is C9H8N2O. The van der Waals surface area contributed by atoms with Gasteiger partial charge in [-0.05, 0) is 18.4 Å². The smallest absolute Gasteiger partial charge is 0.103 e. The number of dihydropyridines is 1. The maximum atomic E-state index is 9.35. The number of terminal acetylenes is 1. The van der Waals surface area contributed by atoms with E-state index in [4.69, 9.17) is 6.42 Å². The van der Waals surface area contributed by atoms with Crippen LogP contribution in [0.5, 0.6) is 0 Å².